The van der Waals surface area contributed by atoms with Crippen molar-refractivity contribution in [3.8, 4) is 11.8 Å². The smallest absolute Gasteiger partial charge is 0.344 e. The van der Waals surface area contributed by atoms with Gasteiger partial charge in [-0.2, -0.15) is 0 Å². The van der Waals surface area contributed by atoms with Gasteiger partial charge in [0.05, 0.1) is 16.1 Å². The first-order chi connectivity index (χ1) is 22.4. The van der Waals surface area contributed by atoms with Crippen LogP contribution >= 0.6 is 0 Å². The van der Waals surface area contributed by atoms with Crippen LogP contribution in [0.25, 0.3) is 0 Å². The van der Waals surface area contributed by atoms with Crippen LogP contribution in [-0.2, 0) is 15.1 Å². The normalized spacial score (nSPS) is 43.7. The summed E-state index contributed by atoms with van der Waals surface area (Å²) in [6.45, 7) is -11.8. The van der Waals surface area contributed by atoms with Gasteiger partial charge in [-0.1, -0.05) is 74.9 Å². The fourth-order valence-electron chi connectivity index (χ4n) is 1.68. The van der Waals surface area contributed by atoms with Crippen LogP contribution in [0.1, 0.15) is 84.0 Å². The summed E-state index contributed by atoms with van der Waals surface area (Å²) in [7, 11) is 0. The molecule has 1 saturated carbocycles. The van der Waals surface area contributed by atoms with Gasteiger partial charge in [-0.05, 0) is 31.4 Å². The average molecular weight is 383 g/mol. The minimum absolute atomic E-state index is 0.747. The molecule has 0 heterocycles. The maximum Gasteiger partial charge on any atom is 0.344 e. The Morgan fingerprint density at radius 1 is 1.42 bits per heavy atom. The molecule has 1 fully saturated rings. The van der Waals surface area contributed by atoms with Gasteiger partial charge in [0.15, 0.2) is 12.2 Å². The van der Waals surface area contributed by atoms with Gasteiger partial charge in [-0.15, -0.1) is 0 Å². The molecule has 1 aromatic carbocycles. The van der Waals surface area contributed by atoms with E-state index in [1.807, 2.05) is 5.92 Å². The minimum Gasteiger partial charge on any atom is -0.450 e. The standard InChI is InChI=1S/C22H31NO3/c1-3-23(4-2)17-11-12-18-26-21(24)22(25,19-13-7-5-8-14-19)20-15-9-6-10-16-20/h5,7-8,13-14,20,25H,3-4,6,9-10,15-18H2,1-2H3/i1D3,2D3,5D,6D2,7D,8D,9D2,10D2,13D,14D,15D2,16D2,18D2,20D,25D. The van der Waals surface area contributed by atoms with Gasteiger partial charge in [0.2, 0.25) is 1.43 Å². The van der Waals surface area contributed by atoms with Crippen molar-refractivity contribution in [1.82, 2.24) is 4.90 Å². The number of benzene rings is 1. The van der Waals surface area contributed by atoms with Crippen molar-refractivity contribution in [3.05, 3.63) is 35.8 Å². The molecule has 0 bridgehead atoms. The fraction of sp³-hybridized carbons (Fsp3) is 0.591. The summed E-state index contributed by atoms with van der Waals surface area (Å²) < 4.78 is 207. The van der Waals surface area contributed by atoms with Gasteiger partial charge < -0.3 is 9.85 Å². The number of ether oxygens (including phenoxy) is 1. The summed E-state index contributed by atoms with van der Waals surface area (Å²) in [5, 5.41) is 4.40. The van der Waals surface area contributed by atoms with Crippen LogP contribution in [0.5, 0.6) is 0 Å². The van der Waals surface area contributed by atoms with Gasteiger partial charge in [0.1, 0.15) is 0 Å². The molecule has 0 spiro atoms. The molecule has 0 aliphatic heterocycles. The van der Waals surface area contributed by atoms with E-state index in [0.717, 1.165) is 4.90 Å². The molecule has 2 rings (SSSR count). The van der Waals surface area contributed by atoms with Crippen molar-refractivity contribution in [2.45, 2.75) is 51.2 Å². The number of carbonyl (C=O) groups is 1. The monoisotopic (exact) mass is 382 g/mol. The number of nitrogens with zero attached hydrogens (tertiary/aromatic N) is 1. The molecule has 1 unspecified atom stereocenters. The highest BCUT2D eigenvalue weighted by atomic mass is 16.5. The molecule has 0 radical (unpaired) electrons. The fourth-order valence-corrected chi connectivity index (χ4v) is 1.68. The zero-order chi connectivity index (χ0) is 40.6. The van der Waals surface area contributed by atoms with Crippen molar-refractivity contribution in [2.75, 3.05) is 26.2 Å². The Bertz CT molecular complexity index is 1510. The van der Waals surface area contributed by atoms with E-state index >= 15 is 0 Å². The number of carbonyl (C=O) groups excluding carboxylic acids is 1. The van der Waals surface area contributed by atoms with Gasteiger partial charge in [-0.3, -0.25) is 4.90 Å². The molecule has 26 heavy (non-hydrogen) atoms. The SMILES string of the molecule is [2H]OC(C(=O)OC([2H])([2H])C#CCN(CC([2H])([2H])[2H])CC([2H])([2H])[2H])(c1c([2H])c([2H])c([2H])c([2H])c1[2H])C1([2H])C([2H])([2H])C([2H])([2H])C([2H])([2H])C([2H])([2H])C1([2H])[2H]. The van der Waals surface area contributed by atoms with Crippen molar-refractivity contribution >= 4 is 5.97 Å². The van der Waals surface area contributed by atoms with E-state index < -0.39 is 125 Å². The summed E-state index contributed by atoms with van der Waals surface area (Å²) in [5.74, 6) is -3.83. The van der Waals surface area contributed by atoms with Crippen LogP contribution in [0.3, 0.4) is 0 Å². The molecule has 1 aliphatic rings. The molecule has 1 N–H and O–H groups in total. The van der Waals surface area contributed by atoms with E-state index in [9.17, 15) is 6.17 Å². The van der Waals surface area contributed by atoms with Gasteiger partial charge in [0.25, 0.3) is 0 Å². The van der Waals surface area contributed by atoms with Crippen LogP contribution in [0.15, 0.2) is 30.2 Å². The molecule has 1 atom stereocenters. The van der Waals surface area contributed by atoms with Crippen LogP contribution in [0.4, 0.5) is 0 Å². The summed E-state index contributed by atoms with van der Waals surface area (Å²) in [4.78, 5) is 14.9. The molecule has 0 aromatic heterocycles. The van der Waals surface area contributed by atoms with Crippen molar-refractivity contribution < 1.29 is 47.5 Å². The lowest BCUT2D eigenvalue weighted by Gasteiger charge is -2.36. The first kappa shape index (κ1) is 5.16. The lowest BCUT2D eigenvalue weighted by Crippen LogP contribution is -2.45. The van der Waals surface area contributed by atoms with E-state index in [-0.39, 0.29) is 0 Å². The molecule has 1 aliphatic carbocycles. The zero-order valence-electron chi connectivity index (χ0n) is 38.3. The molecule has 0 amide bonds. The summed E-state index contributed by atoms with van der Waals surface area (Å²) in [5.41, 5.74) is -6.44. The number of hydrogen-bond donors (Lipinski definition) is 1. The molecule has 4 nitrogen and oxygen atoms in total. The lowest BCUT2D eigenvalue weighted by molar-refractivity contribution is -0.174. The van der Waals surface area contributed by atoms with Crippen LogP contribution in [0, 0.1) is 17.7 Å². The maximum absolute atomic E-state index is 14.2. The highest BCUT2D eigenvalue weighted by Crippen LogP contribution is 2.40. The molecular formula is C22H31NO3. The number of esters is 1. The third-order valence-electron chi connectivity index (χ3n) is 3.02. The third-order valence-corrected chi connectivity index (χ3v) is 3.02. The second kappa shape index (κ2) is 10.4. The molecule has 1 aromatic rings. The predicted octanol–water partition coefficient (Wildman–Crippen LogP) is 3.34. The number of rotatable bonds is 8. The van der Waals surface area contributed by atoms with Gasteiger partial charge in [-0.25, -0.2) is 4.79 Å². The van der Waals surface area contributed by atoms with E-state index in [1.54, 1.807) is 5.92 Å². The average Bonchev–Trinajstić information content (AvgIpc) is 2.93. The summed E-state index contributed by atoms with van der Waals surface area (Å²) in [6, 6.07) is -7.26. The minimum atomic E-state index is -4.79. The lowest BCUT2D eigenvalue weighted by atomic mass is 9.73. The van der Waals surface area contributed by atoms with Crippen molar-refractivity contribution in [2.24, 2.45) is 5.89 Å². The molecular weight excluding hydrogens is 326 g/mol. The first-order valence-electron chi connectivity index (χ1n) is 19.5. The third kappa shape index (κ3) is 5.09. The number of hydrogen-bond acceptors (Lipinski definition) is 4. The van der Waals surface area contributed by atoms with E-state index in [2.05, 4.69) is 9.85 Å². The second-order valence-electron chi connectivity index (χ2n) is 4.62. The zero-order valence-corrected chi connectivity index (χ0v) is 13.3. The highest BCUT2D eigenvalue weighted by Gasteiger charge is 2.46. The Morgan fingerprint density at radius 2 is 2.15 bits per heavy atom. The molecule has 142 valence electrons. The largest absolute Gasteiger partial charge is 0.450 e. The van der Waals surface area contributed by atoms with Crippen molar-refractivity contribution in [1.29, 1.82) is 1.43 Å². The Balaban J connectivity index is 3.06. The Labute approximate surface area is 192 Å². The summed E-state index contributed by atoms with van der Waals surface area (Å²) in [6.07, 6.45) is -22.2. The second-order valence-corrected chi connectivity index (χ2v) is 4.62. The highest BCUT2D eigenvalue weighted by molar-refractivity contribution is 5.81. The van der Waals surface area contributed by atoms with E-state index in [4.69, 9.17) is 33.0 Å². The first-order valence-corrected chi connectivity index (χ1v) is 7.08. The molecule has 4 heteroatoms. The summed E-state index contributed by atoms with van der Waals surface area (Å²) >= 11 is 0. The van der Waals surface area contributed by atoms with Crippen LogP contribution < -0.4 is 0 Å². The Morgan fingerprint density at radius 3 is 2.81 bits per heavy atom. The van der Waals surface area contributed by atoms with Crippen LogP contribution in [0.2, 0.25) is 0 Å². The van der Waals surface area contributed by atoms with Crippen LogP contribution in [-0.4, -0.2) is 43.6 Å². The van der Waals surface area contributed by atoms with Gasteiger partial charge in [0, 0.05) is 29.2 Å². The van der Waals surface area contributed by atoms with E-state index in [0.29, 0.717) is 0 Å². The predicted molar refractivity (Wildman–Crippen MR) is 103 cm³/mol. The quantitative estimate of drug-likeness (QED) is 0.553. The van der Waals surface area contributed by atoms with Gasteiger partial charge >= 0.3 is 5.97 Å². The Kier molecular flexibility index (Phi) is 2.05. The Hall–Kier alpha value is -1.83. The topological polar surface area (TPSA) is 49.8 Å². The molecule has 0 saturated heterocycles. The van der Waals surface area contributed by atoms with E-state index in [1.165, 1.54) is 0 Å². The van der Waals surface area contributed by atoms with Crippen molar-refractivity contribution in [3.63, 3.8) is 0 Å². The maximum atomic E-state index is 14.2. The number of aliphatic hydroxyl groups is 1.